The maximum atomic E-state index is 13.0. The third-order valence-electron chi connectivity index (χ3n) is 6.51. The quantitative estimate of drug-likeness (QED) is 0.409. The van der Waals surface area contributed by atoms with Gasteiger partial charge in [-0.3, -0.25) is 0 Å². The Morgan fingerprint density at radius 3 is 2.53 bits per heavy atom. The summed E-state index contributed by atoms with van der Waals surface area (Å²) in [7, 11) is 0. The molecule has 3 aliphatic carbocycles. The molecule has 0 atom stereocenters. The first-order valence-electron chi connectivity index (χ1n) is 12.2. The minimum atomic E-state index is -0.00992. The van der Waals surface area contributed by atoms with Crippen LogP contribution in [0, 0.1) is 11.3 Å². The van der Waals surface area contributed by atoms with E-state index in [1.807, 2.05) is 18.2 Å². The Labute approximate surface area is 218 Å². The van der Waals surface area contributed by atoms with Crippen LogP contribution in [0.1, 0.15) is 63.4 Å². The number of benzene rings is 1. The Morgan fingerprint density at radius 1 is 1.03 bits per heavy atom. The molecule has 1 amide bonds. The molecule has 0 saturated heterocycles. The average molecular weight is 590 g/mol. The summed E-state index contributed by atoms with van der Waals surface area (Å²) >= 11 is 6.10. The van der Waals surface area contributed by atoms with E-state index in [9.17, 15) is 4.79 Å². The van der Waals surface area contributed by atoms with Crippen molar-refractivity contribution < 1.29 is 30.7 Å². The Balaban J connectivity index is 1.25. The standard InChI is InChI=1S/C28H31ClIN2O2/c29-27-18-26(15-11-21(27)19-31)34-25-16-13-24(14-17-25)32-28(33)20-6-4-5-9-23(12-10-20)30-22-7-2-1-3-8-22/h4-6,9-12,15,18,22,24-25H,1-3,7-8,13-14,16-17H2,(H,32,33)/q-1/b5-4-,6-4?,9-5?,12-10-,20-6+,20-10?,23-9+,23-12?. The second-order valence-electron chi connectivity index (χ2n) is 9.05. The molecule has 0 radical (unpaired) electrons. The van der Waals surface area contributed by atoms with Crippen molar-refractivity contribution >= 4 is 17.5 Å². The number of hydrogen-bond acceptors (Lipinski definition) is 3. The van der Waals surface area contributed by atoms with Crippen molar-refractivity contribution in [1.82, 2.24) is 5.32 Å². The van der Waals surface area contributed by atoms with Crippen molar-refractivity contribution in [2.45, 2.75) is 73.9 Å². The van der Waals surface area contributed by atoms with Gasteiger partial charge in [0.1, 0.15) is 6.07 Å². The maximum Gasteiger partial charge on any atom is 0.0620 e. The van der Waals surface area contributed by atoms with Crippen molar-refractivity contribution in [3.8, 4) is 11.8 Å². The number of alkyl halides is 1. The van der Waals surface area contributed by atoms with Gasteiger partial charge in [0.05, 0.1) is 10.6 Å². The molecule has 4 nitrogen and oxygen atoms in total. The fourth-order valence-corrected chi connectivity index (χ4v) is 8.13. The molecule has 1 N–H and O–H groups in total. The number of nitrogens with zero attached hydrogens (tertiary/aromatic N) is 1. The maximum absolute atomic E-state index is 13.0. The van der Waals surface area contributed by atoms with Crippen LogP contribution in [0.4, 0.5) is 0 Å². The van der Waals surface area contributed by atoms with Gasteiger partial charge in [-0.25, -0.2) is 0 Å². The number of nitriles is 1. The molecule has 2 saturated carbocycles. The summed E-state index contributed by atoms with van der Waals surface area (Å²) in [5, 5.41) is 12.6. The molecule has 0 unspecified atom stereocenters. The molecule has 0 spiro atoms. The molecule has 180 valence electrons. The fraction of sp³-hybridized carbons (Fsp3) is 0.429. The fourth-order valence-electron chi connectivity index (χ4n) is 4.60. The summed E-state index contributed by atoms with van der Waals surface area (Å²) < 4.78 is 8.37. The Kier molecular flexibility index (Phi) is 9.29. The molecule has 1 aromatic rings. The van der Waals surface area contributed by atoms with Gasteiger partial charge < -0.3 is 0 Å². The molecule has 0 bridgehead atoms. The number of carbonyl (C=O) groups excluding carboxylic acids is 1. The zero-order valence-corrected chi connectivity index (χ0v) is 22.2. The molecule has 34 heavy (non-hydrogen) atoms. The van der Waals surface area contributed by atoms with Crippen LogP contribution in [0.3, 0.4) is 0 Å². The van der Waals surface area contributed by atoms with Crippen LogP contribution in [-0.2, 0) is 4.79 Å². The van der Waals surface area contributed by atoms with Crippen LogP contribution < -0.4 is 31.3 Å². The monoisotopic (exact) mass is 589 g/mol. The first kappa shape index (κ1) is 25.1. The van der Waals surface area contributed by atoms with Gasteiger partial charge in [-0.2, -0.15) is 5.26 Å². The molecule has 3 aliphatic rings. The Morgan fingerprint density at radius 2 is 1.79 bits per heavy atom. The normalized spacial score (nSPS) is 28.2. The number of amides is 1. The predicted octanol–water partition coefficient (Wildman–Crippen LogP) is 3.38. The summed E-state index contributed by atoms with van der Waals surface area (Å²) in [6.45, 7) is 0. The van der Waals surface area contributed by atoms with E-state index in [0.29, 0.717) is 16.3 Å². The van der Waals surface area contributed by atoms with Crippen LogP contribution >= 0.6 is 11.6 Å². The third-order valence-corrected chi connectivity index (χ3v) is 10.4. The Bertz CT molecular complexity index is 1040. The van der Waals surface area contributed by atoms with Crippen molar-refractivity contribution in [3.63, 3.8) is 0 Å². The number of nitrogens with one attached hydrogen (secondary N) is 1. The second kappa shape index (κ2) is 12.6. The molecule has 1 aromatic carbocycles. The van der Waals surface area contributed by atoms with Gasteiger partial charge in [-0.15, -0.1) is 0 Å². The van der Waals surface area contributed by atoms with Crippen molar-refractivity contribution in [2.24, 2.45) is 0 Å². The minimum Gasteiger partial charge on any atom is -0.0828 e. The third kappa shape index (κ3) is 7.23. The van der Waals surface area contributed by atoms with E-state index in [-0.39, 0.29) is 39.3 Å². The smallest absolute Gasteiger partial charge is 0.0620 e. The second-order valence-corrected chi connectivity index (χ2v) is 13.1. The molecule has 4 rings (SSSR count). The topological polar surface area (TPSA) is 62.1 Å². The summed E-state index contributed by atoms with van der Waals surface area (Å²) in [5.41, 5.74) is 1.17. The largest absolute Gasteiger partial charge is 0.0828 e. The number of ether oxygens (including phenoxy) is 1. The van der Waals surface area contributed by atoms with Crippen LogP contribution in [0.5, 0.6) is 5.75 Å². The average Bonchev–Trinajstić information content (AvgIpc) is 2.83. The van der Waals surface area contributed by atoms with Crippen molar-refractivity contribution in [1.29, 1.82) is 5.26 Å². The van der Waals surface area contributed by atoms with Crippen LogP contribution in [-0.4, -0.2) is 22.0 Å². The van der Waals surface area contributed by atoms with Gasteiger partial charge in [0.15, 0.2) is 0 Å². The van der Waals surface area contributed by atoms with Crippen molar-refractivity contribution in [2.75, 3.05) is 0 Å². The number of rotatable bonds is 6. The van der Waals surface area contributed by atoms with Crippen LogP contribution in [0.2, 0.25) is 5.02 Å². The van der Waals surface area contributed by atoms with E-state index in [2.05, 4.69) is 29.6 Å². The van der Waals surface area contributed by atoms with Crippen molar-refractivity contribution in [3.05, 3.63) is 74.4 Å². The molecule has 0 heterocycles. The van der Waals surface area contributed by atoms with E-state index in [1.165, 1.54) is 35.7 Å². The van der Waals surface area contributed by atoms with Crippen LogP contribution in [0.15, 0.2) is 63.8 Å². The zero-order valence-electron chi connectivity index (χ0n) is 19.3. The number of allylic oxidation sites excluding steroid dienone is 6. The number of carbonyl (C=O) groups is 1. The first-order valence-corrected chi connectivity index (χ1v) is 14.9. The van der Waals surface area contributed by atoms with Gasteiger partial charge in [-0.05, 0) is 12.1 Å². The van der Waals surface area contributed by atoms with E-state index in [4.69, 9.17) is 21.6 Å². The van der Waals surface area contributed by atoms with Crippen LogP contribution in [0.25, 0.3) is 0 Å². The summed E-state index contributed by atoms with van der Waals surface area (Å²) in [5.74, 6) is 0.689. The SMILES string of the molecule is N#Cc1ccc(OC2CCC(NC(=O)C3=C/C=C\C=C([I-]C4CCCCC4)/C=C\3)CC2)cc1Cl. The van der Waals surface area contributed by atoms with Gasteiger partial charge in [0.2, 0.25) is 0 Å². The predicted molar refractivity (Wildman–Crippen MR) is 132 cm³/mol. The molecule has 0 aliphatic heterocycles. The van der Waals surface area contributed by atoms with E-state index < -0.39 is 0 Å². The molecular weight excluding hydrogens is 559 g/mol. The minimum absolute atomic E-state index is 0.00117. The molecule has 0 aromatic heterocycles. The Hall–Kier alpha value is -2.04. The number of halogens is 2. The molecule has 6 heteroatoms. The summed E-state index contributed by atoms with van der Waals surface area (Å²) in [6.07, 6.45) is 22.8. The van der Waals surface area contributed by atoms with E-state index in [1.54, 1.807) is 18.2 Å². The molecule has 2 fully saturated rings. The summed E-state index contributed by atoms with van der Waals surface area (Å²) in [6, 6.07) is 7.40. The van der Waals surface area contributed by atoms with Gasteiger partial charge >= 0.3 is 167 Å². The first-order chi connectivity index (χ1) is 16.6. The molecular formula is C28H31ClIN2O2-. The van der Waals surface area contributed by atoms with E-state index in [0.717, 1.165) is 35.2 Å². The number of hydrogen-bond donors (Lipinski definition) is 1. The summed E-state index contributed by atoms with van der Waals surface area (Å²) in [4.78, 5) is 13.0. The van der Waals surface area contributed by atoms with Gasteiger partial charge in [0.25, 0.3) is 0 Å². The van der Waals surface area contributed by atoms with E-state index >= 15 is 0 Å². The zero-order chi connectivity index (χ0) is 23.8. The van der Waals surface area contributed by atoms with Gasteiger partial charge in [-0.1, -0.05) is 11.6 Å². The van der Waals surface area contributed by atoms with Gasteiger partial charge in [0, 0.05) is 6.07 Å².